The third kappa shape index (κ3) is 3.06. The van der Waals surface area contributed by atoms with Crippen LogP contribution in [0.5, 0.6) is 5.75 Å². The van der Waals surface area contributed by atoms with Gasteiger partial charge in [0.1, 0.15) is 17.6 Å². The zero-order valence-corrected chi connectivity index (χ0v) is 12.1. The maximum Gasteiger partial charge on any atom is 0.139 e. The normalized spacial score (nSPS) is 12.5. The van der Waals surface area contributed by atoms with Gasteiger partial charge in [-0.25, -0.2) is 0 Å². The number of aliphatic hydroxyl groups excluding tert-OH is 1. The Morgan fingerprint density at radius 1 is 1.26 bits per heavy atom. The molecular formula is C14H14Cl2O3. The Morgan fingerprint density at radius 2 is 2.00 bits per heavy atom. The lowest BCUT2D eigenvalue weighted by molar-refractivity contribution is 0.219. The molecule has 3 nitrogen and oxygen atoms in total. The van der Waals surface area contributed by atoms with Crippen LogP contribution in [0.2, 0.25) is 10.0 Å². The lowest BCUT2D eigenvalue weighted by Crippen LogP contribution is -2.01. The van der Waals surface area contributed by atoms with Crippen LogP contribution in [0, 0.1) is 6.92 Å². The third-order valence-corrected chi connectivity index (χ3v) is 3.33. The van der Waals surface area contributed by atoms with Crippen molar-refractivity contribution in [1.82, 2.24) is 0 Å². The molecule has 0 saturated heterocycles. The Morgan fingerprint density at radius 3 is 2.58 bits per heavy atom. The summed E-state index contributed by atoms with van der Waals surface area (Å²) in [6, 6.07) is 4.98. The van der Waals surface area contributed by atoms with Gasteiger partial charge in [0.25, 0.3) is 0 Å². The Kier molecular flexibility index (Phi) is 4.40. The lowest BCUT2D eigenvalue weighted by Gasteiger charge is -2.14. The predicted molar refractivity (Wildman–Crippen MR) is 75.1 cm³/mol. The molecule has 0 spiro atoms. The molecule has 1 aromatic carbocycles. The average molecular weight is 301 g/mol. The minimum Gasteiger partial charge on any atom is -0.492 e. The van der Waals surface area contributed by atoms with Crippen molar-refractivity contribution in [2.75, 3.05) is 6.61 Å². The van der Waals surface area contributed by atoms with E-state index >= 15 is 0 Å². The van der Waals surface area contributed by atoms with Crippen LogP contribution in [0.3, 0.4) is 0 Å². The number of halogens is 2. The number of furan rings is 1. The van der Waals surface area contributed by atoms with Gasteiger partial charge in [-0.1, -0.05) is 23.2 Å². The standard InChI is InChI=1S/C14H14Cl2O3/c1-3-18-13-6-11(15)10(5-12(13)16)14(17)9-4-8(2)19-7-9/h4-7,14,17H,3H2,1-2H3. The largest absolute Gasteiger partial charge is 0.492 e. The molecule has 0 bridgehead atoms. The van der Waals surface area contributed by atoms with Crippen LogP contribution in [0.15, 0.2) is 28.9 Å². The van der Waals surface area contributed by atoms with E-state index in [1.165, 1.54) is 6.26 Å². The number of benzene rings is 1. The van der Waals surface area contributed by atoms with Crippen molar-refractivity contribution in [1.29, 1.82) is 0 Å². The molecule has 0 fully saturated rings. The number of rotatable bonds is 4. The summed E-state index contributed by atoms with van der Waals surface area (Å²) in [5, 5.41) is 11.1. The second kappa shape index (κ2) is 5.87. The smallest absolute Gasteiger partial charge is 0.139 e. The van der Waals surface area contributed by atoms with Crippen LogP contribution < -0.4 is 4.74 Å². The first-order valence-corrected chi connectivity index (χ1v) is 6.63. The molecule has 5 heteroatoms. The number of aryl methyl sites for hydroxylation is 1. The van der Waals surface area contributed by atoms with Gasteiger partial charge < -0.3 is 14.3 Å². The molecule has 2 aromatic rings. The van der Waals surface area contributed by atoms with Crippen molar-refractivity contribution < 1.29 is 14.3 Å². The summed E-state index contributed by atoms with van der Waals surface area (Å²) in [6.07, 6.45) is 0.624. The van der Waals surface area contributed by atoms with E-state index < -0.39 is 6.10 Å². The minimum atomic E-state index is -0.877. The van der Waals surface area contributed by atoms with Crippen LogP contribution >= 0.6 is 23.2 Å². The molecule has 0 aliphatic heterocycles. The fourth-order valence-electron chi connectivity index (χ4n) is 1.81. The average Bonchev–Trinajstić information content (AvgIpc) is 2.79. The summed E-state index contributed by atoms with van der Waals surface area (Å²) < 4.78 is 10.5. The van der Waals surface area contributed by atoms with Crippen LogP contribution in [0.25, 0.3) is 0 Å². The first kappa shape index (κ1) is 14.3. The number of ether oxygens (including phenoxy) is 1. The monoisotopic (exact) mass is 300 g/mol. The van der Waals surface area contributed by atoms with Gasteiger partial charge >= 0.3 is 0 Å². The molecule has 0 saturated carbocycles. The summed E-state index contributed by atoms with van der Waals surface area (Å²) in [6.45, 7) is 4.17. The van der Waals surface area contributed by atoms with Crippen LogP contribution in [0.4, 0.5) is 0 Å². The fraction of sp³-hybridized carbons (Fsp3) is 0.286. The van der Waals surface area contributed by atoms with Gasteiger partial charge in [0.2, 0.25) is 0 Å². The molecule has 1 aromatic heterocycles. The molecule has 1 heterocycles. The molecule has 0 aliphatic carbocycles. The van der Waals surface area contributed by atoms with E-state index in [-0.39, 0.29) is 0 Å². The zero-order valence-electron chi connectivity index (χ0n) is 10.6. The summed E-state index contributed by atoms with van der Waals surface area (Å²) in [4.78, 5) is 0. The zero-order chi connectivity index (χ0) is 14.0. The highest BCUT2D eigenvalue weighted by Gasteiger charge is 2.18. The van der Waals surface area contributed by atoms with Crippen LogP contribution in [-0.2, 0) is 0 Å². The molecule has 1 atom stereocenters. The Hall–Kier alpha value is -1.16. The summed E-state index contributed by atoms with van der Waals surface area (Å²) >= 11 is 12.3. The second-order valence-electron chi connectivity index (χ2n) is 4.13. The molecule has 102 valence electrons. The molecule has 0 amide bonds. The van der Waals surface area contributed by atoms with Crippen LogP contribution in [-0.4, -0.2) is 11.7 Å². The number of aliphatic hydroxyl groups is 1. The lowest BCUT2D eigenvalue weighted by atomic mass is 10.0. The first-order chi connectivity index (χ1) is 9.02. The van der Waals surface area contributed by atoms with Gasteiger partial charge in [-0.15, -0.1) is 0 Å². The molecule has 19 heavy (non-hydrogen) atoms. The van der Waals surface area contributed by atoms with E-state index in [9.17, 15) is 5.11 Å². The summed E-state index contributed by atoms with van der Waals surface area (Å²) in [5.41, 5.74) is 1.16. The van der Waals surface area contributed by atoms with E-state index in [1.807, 2.05) is 13.8 Å². The van der Waals surface area contributed by atoms with Gasteiger partial charge in [-0.2, -0.15) is 0 Å². The molecule has 1 unspecified atom stereocenters. The molecule has 0 radical (unpaired) electrons. The van der Waals surface area contributed by atoms with Gasteiger partial charge in [-0.05, 0) is 26.0 Å². The first-order valence-electron chi connectivity index (χ1n) is 5.87. The quantitative estimate of drug-likeness (QED) is 0.911. The van der Waals surface area contributed by atoms with Crippen molar-refractivity contribution in [2.24, 2.45) is 0 Å². The molecule has 0 aliphatic rings. The highest BCUT2D eigenvalue weighted by atomic mass is 35.5. The van der Waals surface area contributed by atoms with Gasteiger partial charge in [0, 0.05) is 17.2 Å². The maximum atomic E-state index is 10.3. The highest BCUT2D eigenvalue weighted by molar-refractivity contribution is 6.34. The van der Waals surface area contributed by atoms with E-state index in [0.717, 1.165) is 5.76 Å². The van der Waals surface area contributed by atoms with Crippen molar-refractivity contribution in [3.05, 3.63) is 51.4 Å². The molecular weight excluding hydrogens is 287 g/mol. The summed E-state index contributed by atoms with van der Waals surface area (Å²) in [5.74, 6) is 1.23. The van der Waals surface area contributed by atoms with E-state index in [0.29, 0.717) is 33.5 Å². The number of hydrogen-bond acceptors (Lipinski definition) is 3. The second-order valence-corrected chi connectivity index (χ2v) is 4.94. The van der Waals surface area contributed by atoms with E-state index in [1.54, 1.807) is 18.2 Å². The van der Waals surface area contributed by atoms with E-state index in [4.69, 9.17) is 32.4 Å². The minimum absolute atomic E-state index is 0.402. The van der Waals surface area contributed by atoms with Crippen LogP contribution in [0.1, 0.15) is 29.9 Å². The fourth-order valence-corrected chi connectivity index (χ4v) is 2.29. The van der Waals surface area contributed by atoms with Crippen molar-refractivity contribution in [3.8, 4) is 5.75 Å². The van der Waals surface area contributed by atoms with Gasteiger partial charge in [0.05, 0.1) is 22.9 Å². The van der Waals surface area contributed by atoms with Gasteiger partial charge in [0.15, 0.2) is 0 Å². The molecule has 1 N–H and O–H groups in total. The topological polar surface area (TPSA) is 42.6 Å². The van der Waals surface area contributed by atoms with Crippen molar-refractivity contribution >= 4 is 23.2 Å². The van der Waals surface area contributed by atoms with Gasteiger partial charge in [-0.3, -0.25) is 0 Å². The summed E-state index contributed by atoms with van der Waals surface area (Å²) in [7, 11) is 0. The van der Waals surface area contributed by atoms with Crippen molar-refractivity contribution in [2.45, 2.75) is 20.0 Å². The SMILES string of the molecule is CCOc1cc(Cl)c(C(O)c2coc(C)c2)cc1Cl. The Labute approximate surface area is 121 Å². The Bertz CT molecular complexity index is 578. The number of hydrogen-bond donors (Lipinski definition) is 1. The van der Waals surface area contributed by atoms with Crippen molar-refractivity contribution in [3.63, 3.8) is 0 Å². The van der Waals surface area contributed by atoms with E-state index in [2.05, 4.69) is 0 Å². The molecule has 2 rings (SSSR count). The predicted octanol–water partition coefficient (Wildman–Crippen LogP) is 4.38. The third-order valence-electron chi connectivity index (χ3n) is 2.71. The Balaban J connectivity index is 2.37. The maximum absolute atomic E-state index is 10.3. The highest BCUT2D eigenvalue weighted by Crippen LogP contribution is 2.36.